The largest absolute Gasteiger partial charge is 0.435 e. The van der Waals surface area contributed by atoms with E-state index in [1.165, 1.54) is 36.8 Å². The predicted molar refractivity (Wildman–Crippen MR) is 127 cm³/mol. The predicted octanol–water partition coefficient (Wildman–Crippen LogP) is 4.69. The Bertz CT molecular complexity index is 1070. The molecule has 0 saturated carbocycles. The van der Waals surface area contributed by atoms with Crippen LogP contribution in [-0.2, 0) is 15.1 Å². The van der Waals surface area contributed by atoms with Crippen LogP contribution in [-0.4, -0.2) is 35.9 Å². The zero-order valence-electron chi connectivity index (χ0n) is 20.5. The number of alkyl halides is 2. The number of amides is 4. The first-order valence-corrected chi connectivity index (χ1v) is 11.5. The van der Waals surface area contributed by atoms with Crippen molar-refractivity contribution in [2.45, 2.75) is 58.7 Å². The van der Waals surface area contributed by atoms with Gasteiger partial charge in [-0.05, 0) is 47.6 Å². The molecule has 35 heavy (non-hydrogen) atoms. The minimum absolute atomic E-state index is 0.0680. The molecule has 1 heterocycles. The van der Waals surface area contributed by atoms with E-state index in [0.29, 0.717) is 11.5 Å². The number of carbonyl (C=O) groups excluding carboxylic acids is 3. The Kier molecular flexibility index (Phi) is 7.77. The highest BCUT2D eigenvalue weighted by Gasteiger charge is 2.49. The van der Waals surface area contributed by atoms with Crippen molar-refractivity contribution in [2.24, 2.45) is 5.92 Å². The summed E-state index contributed by atoms with van der Waals surface area (Å²) in [6, 6.07) is 12.5. The van der Waals surface area contributed by atoms with Crippen LogP contribution in [0.3, 0.4) is 0 Å². The fourth-order valence-electron chi connectivity index (χ4n) is 4.09. The van der Waals surface area contributed by atoms with Crippen LogP contribution in [0.2, 0.25) is 0 Å². The minimum atomic E-state index is -2.97. The molecule has 0 radical (unpaired) electrons. The summed E-state index contributed by atoms with van der Waals surface area (Å²) >= 11 is 0. The van der Waals surface area contributed by atoms with Gasteiger partial charge < -0.3 is 15.4 Å². The molecule has 1 saturated heterocycles. The Balaban J connectivity index is 1.71. The number of nitrogens with zero attached hydrogens (tertiary/aromatic N) is 1. The zero-order valence-corrected chi connectivity index (χ0v) is 20.5. The maximum absolute atomic E-state index is 13.1. The average molecular weight is 488 g/mol. The molecule has 2 atom stereocenters. The number of rotatable bonds is 9. The molecule has 188 valence electrons. The minimum Gasteiger partial charge on any atom is -0.435 e. The number of ether oxygens (including phenoxy) is 1. The van der Waals surface area contributed by atoms with Gasteiger partial charge in [-0.2, -0.15) is 8.78 Å². The third-order valence-corrected chi connectivity index (χ3v) is 6.18. The topological polar surface area (TPSA) is 87.7 Å². The highest BCUT2D eigenvalue weighted by atomic mass is 19.3. The van der Waals surface area contributed by atoms with Gasteiger partial charge in [0, 0.05) is 0 Å². The van der Waals surface area contributed by atoms with E-state index in [0.717, 1.165) is 10.5 Å². The molecule has 1 aliphatic heterocycles. The van der Waals surface area contributed by atoms with Crippen molar-refractivity contribution in [1.29, 1.82) is 0 Å². The highest BCUT2D eigenvalue weighted by Crippen LogP contribution is 2.30. The highest BCUT2D eigenvalue weighted by molar-refractivity contribution is 6.09. The Morgan fingerprint density at radius 2 is 1.57 bits per heavy atom. The number of halogens is 2. The lowest BCUT2D eigenvalue weighted by molar-refractivity contribution is -0.135. The third-order valence-electron chi connectivity index (χ3n) is 6.18. The van der Waals surface area contributed by atoms with Gasteiger partial charge in [-0.15, -0.1) is 0 Å². The van der Waals surface area contributed by atoms with Crippen molar-refractivity contribution < 1.29 is 27.9 Å². The third kappa shape index (κ3) is 5.78. The summed E-state index contributed by atoms with van der Waals surface area (Å²) in [5, 5.41) is 5.55. The van der Waals surface area contributed by atoms with Crippen LogP contribution >= 0.6 is 0 Å². The number of benzene rings is 2. The Hall–Kier alpha value is -3.49. The molecule has 9 heteroatoms. The van der Waals surface area contributed by atoms with Gasteiger partial charge in [-0.3, -0.25) is 14.5 Å². The first kappa shape index (κ1) is 26.1. The lowest BCUT2D eigenvalue weighted by atomic mass is 9.92. The average Bonchev–Trinajstić information content (AvgIpc) is 3.01. The number of imide groups is 1. The molecule has 0 spiro atoms. The van der Waals surface area contributed by atoms with Gasteiger partial charge in [0.05, 0.1) is 6.04 Å². The quantitative estimate of drug-likeness (QED) is 0.503. The van der Waals surface area contributed by atoms with E-state index in [-0.39, 0.29) is 17.7 Å². The molecular weight excluding hydrogens is 456 g/mol. The molecule has 1 fully saturated rings. The molecule has 1 aliphatic rings. The molecule has 2 aromatic carbocycles. The number of hydrogen-bond acceptors (Lipinski definition) is 4. The maximum atomic E-state index is 13.1. The van der Waals surface area contributed by atoms with E-state index in [9.17, 15) is 23.2 Å². The normalized spacial score (nSPS) is 18.9. The molecule has 7 nitrogen and oxygen atoms in total. The van der Waals surface area contributed by atoms with E-state index >= 15 is 0 Å². The van der Waals surface area contributed by atoms with Crippen LogP contribution in [0.25, 0.3) is 0 Å². The summed E-state index contributed by atoms with van der Waals surface area (Å²) in [6.45, 7) is 6.26. The summed E-state index contributed by atoms with van der Waals surface area (Å²) in [4.78, 5) is 39.5. The van der Waals surface area contributed by atoms with Crippen molar-refractivity contribution in [3.05, 3.63) is 65.2 Å². The summed E-state index contributed by atoms with van der Waals surface area (Å²) < 4.78 is 29.1. The molecule has 0 aromatic heterocycles. The first-order chi connectivity index (χ1) is 16.4. The fourth-order valence-corrected chi connectivity index (χ4v) is 4.09. The van der Waals surface area contributed by atoms with Crippen molar-refractivity contribution in [3.63, 3.8) is 0 Å². The number of carbonyl (C=O) groups is 3. The van der Waals surface area contributed by atoms with E-state index in [1.54, 1.807) is 0 Å². The van der Waals surface area contributed by atoms with E-state index in [4.69, 9.17) is 0 Å². The molecular formula is C26H31F2N3O4. The standard InChI is InChI=1S/C26H31F2N3O4/c1-15(2)17-6-8-18(9-7-17)22(16(3)4)29-21(32)14-31-23(33)26(5,30-25(31)34)19-10-12-20(13-11-19)35-24(27)28/h6-13,15-16,22,24H,14H2,1-5H3,(H,29,32)(H,30,34)/t22-,26-/m0/s1. The molecule has 0 bridgehead atoms. The molecule has 3 rings (SSSR count). The Labute approximate surface area is 203 Å². The van der Waals surface area contributed by atoms with Gasteiger partial charge in [-0.1, -0.05) is 64.1 Å². The van der Waals surface area contributed by atoms with Crippen molar-refractivity contribution in [1.82, 2.24) is 15.5 Å². The second kappa shape index (κ2) is 10.4. The molecule has 2 N–H and O–H groups in total. The number of hydrogen-bond donors (Lipinski definition) is 2. The van der Waals surface area contributed by atoms with Gasteiger partial charge in [-0.25, -0.2) is 4.79 Å². The van der Waals surface area contributed by atoms with Crippen LogP contribution in [0.5, 0.6) is 5.75 Å². The van der Waals surface area contributed by atoms with Gasteiger partial charge in [0.2, 0.25) is 5.91 Å². The van der Waals surface area contributed by atoms with Crippen molar-refractivity contribution in [3.8, 4) is 5.75 Å². The van der Waals surface area contributed by atoms with E-state index < -0.39 is 36.5 Å². The van der Waals surface area contributed by atoms with Crippen molar-refractivity contribution >= 4 is 17.8 Å². The lowest BCUT2D eigenvalue weighted by Gasteiger charge is -2.25. The monoisotopic (exact) mass is 487 g/mol. The number of urea groups is 1. The molecule has 0 unspecified atom stereocenters. The summed E-state index contributed by atoms with van der Waals surface area (Å²) in [5.74, 6) is -0.682. The summed E-state index contributed by atoms with van der Waals surface area (Å²) in [5.41, 5.74) is 1.07. The Morgan fingerprint density at radius 3 is 2.09 bits per heavy atom. The van der Waals surface area contributed by atoms with Crippen LogP contribution in [0, 0.1) is 5.92 Å². The zero-order chi connectivity index (χ0) is 25.9. The molecule has 2 aromatic rings. The van der Waals surface area contributed by atoms with Crippen LogP contribution in [0.15, 0.2) is 48.5 Å². The summed E-state index contributed by atoms with van der Waals surface area (Å²) in [7, 11) is 0. The fraction of sp³-hybridized carbons (Fsp3) is 0.423. The number of nitrogens with one attached hydrogen (secondary N) is 2. The summed E-state index contributed by atoms with van der Waals surface area (Å²) in [6.07, 6.45) is 0. The second-order valence-electron chi connectivity index (χ2n) is 9.46. The van der Waals surface area contributed by atoms with E-state index in [2.05, 4.69) is 29.2 Å². The first-order valence-electron chi connectivity index (χ1n) is 11.5. The van der Waals surface area contributed by atoms with Crippen molar-refractivity contribution in [2.75, 3.05) is 6.54 Å². The smallest absolute Gasteiger partial charge is 0.387 e. The van der Waals surface area contributed by atoms with Crippen LogP contribution < -0.4 is 15.4 Å². The van der Waals surface area contributed by atoms with Gasteiger partial charge in [0.1, 0.15) is 17.8 Å². The molecule has 0 aliphatic carbocycles. The lowest BCUT2D eigenvalue weighted by Crippen LogP contribution is -2.44. The Morgan fingerprint density at radius 1 is 1.00 bits per heavy atom. The maximum Gasteiger partial charge on any atom is 0.387 e. The van der Waals surface area contributed by atoms with E-state index in [1.807, 2.05) is 38.1 Å². The SMILES string of the molecule is CC(C)c1ccc([C@@H](NC(=O)CN2C(=O)N[C@@](C)(c3ccc(OC(F)F)cc3)C2=O)C(C)C)cc1. The molecule has 4 amide bonds. The van der Waals surface area contributed by atoms with Gasteiger partial charge in [0.25, 0.3) is 5.91 Å². The van der Waals surface area contributed by atoms with Crippen LogP contribution in [0.1, 0.15) is 63.3 Å². The van der Waals surface area contributed by atoms with Gasteiger partial charge >= 0.3 is 12.6 Å². The van der Waals surface area contributed by atoms with Gasteiger partial charge in [0.15, 0.2) is 0 Å². The van der Waals surface area contributed by atoms with Crippen LogP contribution in [0.4, 0.5) is 13.6 Å². The second-order valence-corrected chi connectivity index (χ2v) is 9.46.